The molecular formula is C64H45N. The summed E-state index contributed by atoms with van der Waals surface area (Å²) in [6, 6.07) is 88.4. The van der Waals surface area contributed by atoms with Gasteiger partial charge in [0.05, 0.1) is 11.1 Å². The summed E-state index contributed by atoms with van der Waals surface area (Å²) < 4.78 is 0. The van der Waals surface area contributed by atoms with Crippen molar-refractivity contribution in [3.05, 3.63) is 270 Å². The minimum atomic E-state index is -0.475. The van der Waals surface area contributed by atoms with E-state index in [0.29, 0.717) is 0 Å². The number of hydrogen-bond donors (Lipinski definition) is 0. The average molecular weight is 828 g/mol. The average Bonchev–Trinajstić information content (AvgIpc) is 3.93. The van der Waals surface area contributed by atoms with E-state index in [1.807, 2.05) is 0 Å². The summed E-state index contributed by atoms with van der Waals surface area (Å²) in [5.74, 6) is 0. The van der Waals surface area contributed by atoms with E-state index in [2.05, 4.69) is 255 Å². The largest absolute Gasteiger partial charge is 0.310 e. The van der Waals surface area contributed by atoms with Crippen LogP contribution >= 0.6 is 0 Å². The number of anilines is 3. The van der Waals surface area contributed by atoms with Crippen molar-refractivity contribution in [1.82, 2.24) is 0 Å². The molecule has 0 bridgehead atoms. The Morgan fingerprint density at radius 2 is 0.738 bits per heavy atom. The number of rotatable bonds is 6. The first-order valence-electron chi connectivity index (χ1n) is 22.8. The minimum Gasteiger partial charge on any atom is -0.310 e. The second kappa shape index (κ2) is 14.3. The molecular weight excluding hydrogens is 783 g/mol. The molecule has 1 heteroatoms. The van der Waals surface area contributed by atoms with Gasteiger partial charge in [-0.3, -0.25) is 0 Å². The summed E-state index contributed by atoms with van der Waals surface area (Å²) in [5, 5.41) is 0. The first kappa shape index (κ1) is 37.5. The Bertz CT molecular complexity index is 3460. The van der Waals surface area contributed by atoms with Gasteiger partial charge in [-0.15, -0.1) is 0 Å². The molecule has 0 saturated carbocycles. The van der Waals surface area contributed by atoms with Gasteiger partial charge >= 0.3 is 0 Å². The maximum absolute atomic E-state index is 2.54. The Labute approximate surface area is 381 Å². The van der Waals surface area contributed by atoms with Crippen molar-refractivity contribution in [1.29, 1.82) is 0 Å². The van der Waals surface area contributed by atoms with Gasteiger partial charge in [-0.25, -0.2) is 0 Å². The first-order valence-corrected chi connectivity index (χ1v) is 22.8. The summed E-state index contributed by atoms with van der Waals surface area (Å²) >= 11 is 0. The number of hydrogen-bond acceptors (Lipinski definition) is 1. The van der Waals surface area contributed by atoms with Gasteiger partial charge in [-0.05, 0) is 125 Å². The molecule has 13 rings (SSSR count). The van der Waals surface area contributed by atoms with E-state index in [0.717, 1.165) is 17.1 Å². The SMILES string of the molecule is CC1(C)c2ccccc2-c2c(-c3c(-c4ccccc4)cccc3N(c3cccc(-c4ccccc4)c3)c3ccc4c(c3)C3(c5ccccc5-c5ccccc53)c3ccccc3-4)cccc21. The van der Waals surface area contributed by atoms with E-state index < -0.39 is 5.41 Å². The number of fused-ring (bicyclic) bond motifs is 13. The lowest BCUT2D eigenvalue weighted by molar-refractivity contribution is 0.660. The van der Waals surface area contributed by atoms with Gasteiger partial charge in [-0.2, -0.15) is 0 Å². The predicted molar refractivity (Wildman–Crippen MR) is 271 cm³/mol. The highest BCUT2D eigenvalue weighted by Crippen LogP contribution is 2.64. The van der Waals surface area contributed by atoms with Crippen molar-refractivity contribution in [3.63, 3.8) is 0 Å². The molecule has 65 heavy (non-hydrogen) atoms. The van der Waals surface area contributed by atoms with Crippen molar-refractivity contribution >= 4 is 17.1 Å². The molecule has 3 aliphatic rings. The summed E-state index contributed by atoms with van der Waals surface area (Å²) in [6.45, 7) is 4.76. The topological polar surface area (TPSA) is 3.24 Å². The van der Waals surface area contributed by atoms with Crippen LogP contribution in [0.1, 0.15) is 47.2 Å². The van der Waals surface area contributed by atoms with Crippen molar-refractivity contribution in [3.8, 4) is 66.8 Å². The summed E-state index contributed by atoms with van der Waals surface area (Å²) in [7, 11) is 0. The van der Waals surface area contributed by atoms with Gasteiger partial charge in [-0.1, -0.05) is 220 Å². The smallest absolute Gasteiger partial charge is 0.0726 e. The molecule has 3 aliphatic carbocycles. The third-order valence-electron chi connectivity index (χ3n) is 14.7. The molecule has 10 aromatic rings. The lowest BCUT2D eigenvalue weighted by Gasteiger charge is -2.33. The van der Waals surface area contributed by atoms with E-state index >= 15 is 0 Å². The Kier molecular flexibility index (Phi) is 8.24. The number of nitrogens with zero attached hydrogens (tertiary/aromatic N) is 1. The van der Waals surface area contributed by atoms with Gasteiger partial charge in [0.2, 0.25) is 0 Å². The fraction of sp³-hybridized carbons (Fsp3) is 0.0625. The maximum Gasteiger partial charge on any atom is 0.0726 e. The molecule has 0 amide bonds. The van der Waals surface area contributed by atoms with Crippen molar-refractivity contribution in [2.45, 2.75) is 24.7 Å². The quantitative estimate of drug-likeness (QED) is 0.161. The van der Waals surface area contributed by atoms with Crippen LogP contribution in [0.4, 0.5) is 17.1 Å². The van der Waals surface area contributed by atoms with Crippen molar-refractivity contribution in [2.24, 2.45) is 0 Å². The summed E-state index contributed by atoms with van der Waals surface area (Å²) in [6.07, 6.45) is 0. The van der Waals surface area contributed by atoms with Gasteiger partial charge in [0, 0.05) is 22.4 Å². The van der Waals surface area contributed by atoms with Gasteiger partial charge in [0.15, 0.2) is 0 Å². The Hall–Kier alpha value is -8.00. The highest BCUT2D eigenvalue weighted by molar-refractivity contribution is 6.04. The molecule has 0 aromatic heterocycles. The molecule has 0 N–H and O–H groups in total. The van der Waals surface area contributed by atoms with Gasteiger partial charge in [0.1, 0.15) is 0 Å². The third kappa shape index (κ3) is 5.33. The monoisotopic (exact) mass is 827 g/mol. The molecule has 10 aromatic carbocycles. The van der Waals surface area contributed by atoms with Crippen LogP contribution in [0.5, 0.6) is 0 Å². The van der Waals surface area contributed by atoms with E-state index in [4.69, 9.17) is 0 Å². The zero-order valence-electron chi connectivity index (χ0n) is 36.5. The second-order valence-electron chi connectivity index (χ2n) is 18.3. The number of benzene rings is 10. The van der Waals surface area contributed by atoms with Crippen LogP contribution in [0.15, 0.2) is 237 Å². The molecule has 306 valence electrons. The van der Waals surface area contributed by atoms with Crippen molar-refractivity contribution in [2.75, 3.05) is 4.90 Å². The van der Waals surface area contributed by atoms with Gasteiger partial charge < -0.3 is 4.90 Å². The fourth-order valence-electron chi connectivity index (χ4n) is 11.9. The Balaban J connectivity index is 1.13. The molecule has 1 spiro atoms. The highest BCUT2D eigenvalue weighted by Gasteiger charge is 2.51. The van der Waals surface area contributed by atoms with Crippen LogP contribution in [0.2, 0.25) is 0 Å². The molecule has 0 heterocycles. The Morgan fingerprint density at radius 3 is 1.40 bits per heavy atom. The normalized spacial score (nSPS) is 13.9. The Morgan fingerprint density at radius 1 is 0.277 bits per heavy atom. The maximum atomic E-state index is 2.54. The van der Waals surface area contributed by atoms with E-state index in [9.17, 15) is 0 Å². The molecule has 0 fully saturated rings. The summed E-state index contributed by atoms with van der Waals surface area (Å²) in [4.78, 5) is 2.54. The van der Waals surface area contributed by atoms with E-state index in [1.54, 1.807) is 0 Å². The molecule has 1 nitrogen and oxygen atoms in total. The first-order chi connectivity index (χ1) is 32.0. The van der Waals surface area contributed by atoms with E-state index in [-0.39, 0.29) is 5.41 Å². The standard InChI is InChI=1S/C64H45N/c1-63(2)54-32-13-12-29-52(54)61-53(31-18-36-58(61)63)62-47(43-22-7-4-8-23-43)30-19-37-60(62)65(45-25-17-24-44(40-45)42-20-5-3-6-21-42)46-38-39-51-50-28-11-16-35-57(50)64(59(51)41-46)55-33-14-9-26-48(55)49-27-10-15-34-56(49)64/h3-41H,1-2H3. The summed E-state index contributed by atoms with van der Waals surface area (Å²) in [5.41, 5.74) is 25.8. The van der Waals surface area contributed by atoms with E-state index in [1.165, 1.54) is 100 Å². The molecule has 0 saturated heterocycles. The van der Waals surface area contributed by atoms with Crippen LogP contribution in [0.25, 0.3) is 66.8 Å². The van der Waals surface area contributed by atoms with Crippen LogP contribution < -0.4 is 4.90 Å². The molecule has 0 atom stereocenters. The second-order valence-corrected chi connectivity index (χ2v) is 18.3. The van der Waals surface area contributed by atoms with Crippen LogP contribution in [0.3, 0.4) is 0 Å². The molecule has 0 aliphatic heterocycles. The van der Waals surface area contributed by atoms with Gasteiger partial charge in [0.25, 0.3) is 0 Å². The zero-order valence-corrected chi connectivity index (χ0v) is 36.5. The fourth-order valence-corrected chi connectivity index (χ4v) is 11.9. The molecule has 0 unspecified atom stereocenters. The molecule has 0 radical (unpaired) electrons. The van der Waals surface area contributed by atoms with Crippen LogP contribution in [-0.4, -0.2) is 0 Å². The van der Waals surface area contributed by atoms with Crippen LogP contribution in [-0.2, 0) is 10.8 Å². The third-order valence-corrected chi connectivity index (χ3v) is 14.7. The van der Waals surface area contributed by atoms with Crippen molar-refractivity contribution < 1.29 is 0 Å². The zero-order chi connectivity index (χ0) is 43.3. The lowest BCUT2D eigenvalue weighted by Crippen LogP contribution is -2.26. The minimum absolute atomic E-state index is 0.148. The van der Waals surface area contributed by atoms with Crippen LogP contribution in [0, 0.1) is 0 Å². The lowest BCUT2D eigenvalue weighted by atomic mass is 9.70. The predicted octanol–water partition coefficient (Wildman–Crippen LogP) is 16.8. The highest BCUT2D eigenvalue weighted by atomic mass is 15.1.